The van der Waals surface area contributed by atoms with Crippen molar-refractivity contribution in [3.8, 4) is 0 Å². The molecule has 0 fully saturated rings. The van der Waals surface area contributed by atoms with Crippen molar-refractivity contribution in [3.05, 3.63) is 35.4 Å². The van der Waals surface area contributed by atoms with Gasteiger partial charge in [-0.3, -0.25) is 0 Å². The standard InChI is InChI=1S/C11H13FN2/c1-7(2)9-4-5-14-10(6-9)11(12)8(3)13-14/h4-7H,1-3H3. The summed E-state index contributed by atoms with van der Waals surface area (Å²) in [6.45, 7) is 5.86. The quantitative estimate of drug-likeness (QED) is 0.679. The van der Waals surface area contributed by atoms with Gasteiger partial charge in [-0.05, 0) is 30.5 Å². The first-order valence-corrected chi connectivity index (χ1v) is 4.74. The van der Waals surface area contributed by atoms with Crippen LogP contribution in [0, 0.1) is 12.7 Å². The Hall–Kier alpha value is -1.38. The predicted molar refractivity (Wildman–Crippen MR) is 54.0 cm³/mol. The van der Waals surface area contributed by atoms with Crippen molar-refractivity contribution in [2.45, 2.75) is 26.7 Å². The van der Waals surface area contributed by atoms with Crippen LogP contribution in [0.25, 0.3) is 5.52 Å². The van der Waals surface area contributed by atoms with Crippen molar-refractivity contribution < 1.29 is 4.39 Å². The van der Waals surface area contributed by atoms with Crippen LogP contribution in [0.2, 0.25) is 0 Å². The highest BCUT2D eigenvalue weighted by atomic mass is 19.1. The third-order valence-electron chi connectivity index (χ3n) is 2.43. The van der Waals surface area contributed by atoms with E-state index < -0.39 is 0 Å². The Morgan fingerprint density at radius 1 is 1.43 bits per heavy atom. The molecule has 0 unspecified atom stereocenters. The third-order valence-corrected chi connectivity index (χ3v) is 2.43. The van der Waals surface area contributed by atoms with Gasteiger partial charge in [0.25, 0.3) is 0 Å². The third kappa shape index (κ3) is 1.29. The maximum atomic E-state index is 13.5. The van der Waals surface area contributed by atoms with Gasteiger partial charge in [0.2, 0.25) is 0 Å². The molecule has 2 heterocycles. The maximum absolute atomic E-state index is 13.5. The number of nitrogens with zero attached hydrogens (tertiary/aromatic N) is 2. The normalized spacial score (nSPS) is 11.5. The topological polar surface area (TPSA) is 17.3 Å². The maximum Gasteiger partial charge on any atom is 0.171 e. The molecule has 0 saturated carbocycles. The molecule has 0 aliphatic carbocycles. The Morgan fingerprint density at radius 3 is 2.79 bits per heavy atom. The molecule has 0 atom stereocenters. The second kappa shape index (κ2) is 3.08. The monoisotopic (exact) mass is 192 g/mol. The molecule has 2 nitrogen and oxygen atoms in total. The lowest BCUT2D eigenvalue weighted by Gasteiger charge is -2.04. The van der Waals surface area contributed by atoms with Gasteiger partial charge >= 0.3 is 0 Å². The van der Waals surface area contributed by atoms with E-state index in [1.54, 1.807) is 17.6 Å². The number of hydrogen-bond acceptors (Lipinski definition) is 1. The van der Waals surface area contributed by atoms with E-state index in [2.05, 4.69) is 18.9 Å². The molecule has 0 amide bonds. The van der Waals surface area contributed by atoms with Crippen LogP contribution in [0.5, 0.6) is 0 Å². The number of fused-ring (bicyclic) bond motifs is 1. The van der Waals surface area contributed by atoms with Gasteiger partial charge in [0.15, 0.2) is 5.82 Å². The zero-order valence-electron chi connectivity index (χ0n) is 8.58. The van der Waals surface area contributed by atoms with Crippen molar-refractivity contribution in [3.63, 3.8) is 0 Å². The van der Waals surface area contributed by atoms with Gasteiger partial charge < -0.3 is 0 Å². The molecular formula is C11H13FN2. The second-order valence-electron chi connectivity index (χ2n) is 3.84. The van der Waals surface area contributed by atoms with Crippen LogP contribution in [-0.4, -0.2) is 9.61 Å². The highest BCUT2D eigenvalue weighted by Crippen LogP contribution is 2.19. The van der Waals surface area contributed by atoms with Crippen LogP contribution >= 0.6 is 0 Å². The summed E-state index contributed by atoms with van der Waals surface area (Å²) in [5, 5.41) is 4.05. The number of halogens is 1. The van der Waals surface area contributed by atoms with E-state index in [1.165, 1.54) is 0 Å². The van der Waals surface area contributed by atoms with E-state index in [1.807, 2.05) is 12.1 Å². The lowest BCUT2D eigenvalue weighted by atomic mass is 10.0. The minimum absolute atomic E-state index is 0.215. The van der Waals surface area contributed by atoms with Crippen LogP contribution in [0.1, 0.15) is 31.0 Å². The van der Waals surface area contributed by atoms with Crippen LogP contribution in [-0.2, 0) is 0 Å². The van der Waals surface area contributed by atoms with Gasteiger partial charge in [0.05, 0.1) is 5.69 Å². The molecule has 3 heteroatoms. The molecule has 74 valence electrons. The molecule has 0 aromatic carbocycles. The fourth-order valence-corrected chi connectivity index (χ4v) is 1.51. The van der Waals surface area contributed by atoms with Crippen molar-refractivity contribution in [2.75, 3.05) is 0 Å². The van der Waals surface area contributed by atoms with Gasteiger partial charge in [-0.25, -0.2) is 8.91 Å². The first kappa shape index (κ1) is 9.19. The van der Waals surface area contributed by atoms with Crippen LogP contribution in [0.4, 0.5) is 4.39 Å². The Morgan fingerprint density at radius 2 is 2.14 bits per heavy atom. The Balaban J connectivity index is 2.69. The highest BCUT2D eigenvalue weighted by Gasteiger charge is 2.09. The summed E-state index contributed by atoms with van der Waals surface area (Å²) in [6.07, 6.45) is 1.81. The fourth-order valence-electron chi connectivity index (χ4n) is 1.51. The number of aryl methyl sites for hydroxylation is 1. The SMILES string of the molecule is Cc1nn2ccc(C(C)C)cc2c1F. The number of hydrogen-bond donors (Lipinski definition) is 0. The van der Waals surface area contributed by atoms with Crippen molar-refractivity contribution in [1.82, 2.24) is 9.61 Å². The summed E-state index contributed by atoms with van der Waals surface area (Å²) in [5.41, 5.74) is 2.15. The van der Waals surface area contributed by atoms with Gasteiger partial charge in [0, 0.05) is 6.20 Å². The first-order valence-electron chi connectivity index (χ1n) is 4.74. The molecule has 0 radical (unpaired) electrons. The van der Waals surface area contributed by atoms with Gasteiger partial charge in [0.1, 0.15) is 5.52 Å². The highest BCUT2D eigenvalue weighted by molar-refractivity contribution is 5.51. The lowest BCUT2D eigenvalue weighted by Crippen LogP contribution is -1.92. The molecule has 14 heavy (non-hydrogen) atoms. The number of aromatic nitrogens is 2. The summed E-state index contributed by atoms with van der Waals surface area (Å²) >= 11 is 0. The number of rotatable bonds is 1. The van der Waals surface area contributed by atoms with E-state index in [0.29, 0.717) is 17.1 Å². The van der Waals surface area contributed by atoms with E-state index in [9.17, 15) is 4.39 Å². The second-order valence-corrected chi connectivity index (χ2v) is 3.84. The molecule has 0 aliphatic rings. The van der Waals surface area contributed by atoms with Crippen LogP contribution in [0.3, 0.4) is 0 Å². The van der Waals surface area contributed by atoms with E-state index in [0.717, 1.165) is 5.56 Å². The summed E-state index contributed by atoms with van der Waals surface area (Å²) < 4.78 is 15.1. The Bertz CT molecular complexity index is 471. The zero-order valence-corrected chi connectivity index (χ0v) is 8.58. The minimum atomic E-state index is -0.215. The Labute approximate surface area is 82.4 Å². The molecule has 0 spiro atoms. The molecule has 0 N–H and O–H groups in total. The van der Waals surface area contributed by atoms with Gasteiger partial charge in [-0.15, -0.1) is 0 Å². The largest absolute Gasteiger partial charge is 0.238 e. The summed E-state index contributed by atoms with van der Waals surface area (Å²) in [6, 6.07) is 3.84. The number of pyridine rings is 1. The Kier molecular flexibility index (Phi) is 2.02. The van der Waals surface area contributed by atoms with Crippen LogP contribution in [0.15, 0.2) is 18.3 Å². The minimum Gasteiger partial charge on any atom is -0.238 e. The average molecular weight is 192 g/mol. The van der Waals surface area contributed by atoms with E-state index in [4.69, 9.17) is 0 Å². The predicted octanol–water partition coefficient (Wildman–Crippen LogP) is 2.91. The summed E-state index contributed by atoms with van der Waals surface area (Å²) in [4.78, 5) is 0. The van der Waals surface area contributed by atoms with E-state index in [-0.39, 0.29) is 5.82 Å². The van der Waals surface area contributed by atoms with Crippen LogP contribution < -0.4 is 0 Å². The van der Waals surface area contributed by atoms with Crippen molar-refractivity contribution in [2.24, 2.45) is 0 Å². The van der Waals surface area contributed by atoms with Gasteiger partial charge in [-0.1, -0.05) is 13.8 Å². The molecule has 0 aliphatic heterocycles. The lowest BCUT2D eigenvalue weighted by molar-refractivity contribution is 0.629. The molecule has 0 saturated heterocycles. The van der Waals surface area contributed by atoms with E-state index >= 15 is 0 Å². The molecule has 2 aromatic rings. The zero-order chi connectivity index (χ0) is 10.3. The summed E-state index contributed by atoms with van der Waals surface area (Å²) in [5.74, 6) is 0.196. The van der Waals surface area contributed by atoms with Crippen molar-refractivity contribution >= 4 is 5.52 Å². The molecule has 0 bridgehead atoms. The smallest absolute Gasteiger partial charge is 0.171 e. The molecule has 2 aromatic heterocycles. The fraction of sp³-hybridized carbons (Fsp3) is 0.364. The van der Waals surface area contributed by atoms with Crippen molar-refractivity contribution in [1.29, 1.82) is 0 Å². The van der Waals surface area contributed by atoms with Gasteiger partial charge in [-0.2, -0.15) is 5.10 Å². The first-order chi connectivity index (χ1) is 6.59. The average Bonchev–Trinajstić information content (AvgIpc) is 2.43. The molecule has 2 rings (SSSR count). The molecular weight excluding hydrogens is 179 g/mol. The summed E-state index contributed by atoms with van der Waals surface area (Å²) in [7, 11) is 0.